The number of quaternary nitrogens is 1. The van der Waals surface area contributed by atoms with Crippen molar-refractivity contribution in [3.63, 3.8) is 0 Å². The molecule has 0 aliphatic carbocycles. The van der Waals surface area contributed by atoms with Crippen LogP contribution in [0.3, 0.4) is 0 Å². The molecule has 0 radical (unpaired) electrons. The second-order valence-electron chi connectivity index (χ2n) is 5.56. The molecule has 3 rings (SSSR count). The maximum atomic E-state index is 12.2. The zero-order chi connectivity index (χ0) is 17.4. The van der Waals surface area contributed by atoms with E-state index in [1.54, 1.807) is 0 Å². The topological polar surface area (TPSA) is 133 Å². The van der Waals surface area contributed by atoms with Gasteiger partial charge in [0.2, 0.25) is 0 Å². The van der Waals surface area contributed by atoms with E-state index in [1.165, 1.54) is 22.3 Å². The standard InChI is InChI=1S/C14H14N4O5S/c1-17-5-4-7-9(6-17)24-14(11(7)12(15)19)16-13(20)8-2-3-10(23-8)18(21)22/h2-3H,4-6H2,1H3,(H2,15,19)(H,16,20)/p+1. The van der Waals surface area contributed by atoms with E-state index < -0.39 is 22.6 Å². The van der Waals surface area contributed by atoms with Crippen LogP contribution >= 0.6 is 11.3 Å². The Balaban J connectivity index is 1.90. The number of fused-ring (bicyclic) bond motifs is 1. The van der Waals surface area contributed by atoms with Crippen molar-refractivity contribution in [1.29, 1.82) is 0 Å². The van der Waals surface area contributed by atoms with Crippen LogP contribution in [0.25, 0.3) is 0 Å². The average molecular weight is 351 g/mol. The van der Waals surface area contributed by atoms with E-state index in [9.17, 15) is 19.7 Å². The molecular weight excluding hydrogens is 336 g/mol. The number of carbonyl (C=O) groups is 2. The fourth-order valence-electron chi connectivity index (χ4n) is 2.68. The van der Waals surface area contributed by atoms with Crippen LogP contribution in [0, 0.1) is 10.1 Å². The van der Waals surface area contributed by atoms with E-state index in [2.05, 4.69) is 5.32 Å². The van der Waals surface area contributed by atoms with Gasteiger partial charge in [-0.05, 0) is 11.6 Å². The van der Waals surface area contributed by atoms with Crippen LogP contribution in [0.15, 0.2) is 16.5 Å². The number of furan rings is 1. The highest BCUT2D eigenvalue weighted by Crippen LogP contribution is 2.34. The van der Waals surface area contributed by atoms with Crippen molar-refractivity contribution in [1.82, 2.24) is 0 Å². The summed E-state index contributed by atoms with van der Waals surface area (Å²) in [6.45, 7) is 1.63. The van der Waals surface area contributed by atoms with Crippen LogP contribution in [0.5, 0.6) is 0 Å². The van der Waals surface area contributed by atoms with Crippen molar-refractivity contribution in [3.8, 4) is 0 Å². The number of nitrogens with two attached hydrogens (primary N) is 1. The largest absolute Gasteiger partial charge is 0.433 e. The second-order valence-corrected chi connectivity index (χ2v) is 6.66. The Hall–Kier alpha value is -2.72. The molecule has 0 spiro atoms. The summed E-state index contributed by atoms with van der Waals surface area (Å²) in [4.78, 5) is 36.2. The summed E-state index contributed by atoms with van der Waals surface area (Å²) in [5.74, 6) is -1.99. The molecule has 0 saturated carbocycles. The number of likely N-dealkylation sites (N-methyl/N-ethyl adjacent to an activating group) is 1. The van der Waals surface area contributed by atoms with Crippen LogP contribution in [0.2, 0.25) is 0 Å². The summed E-state index contributed by atoms with van der Waals surface area (Å²) in [6.07, 6.45) is 0.706. The summed E-state index contributed by atoms with van der Waals surface area (Å²) < 4.78 is 4.87. The molecule has 1 aliphatic heterocycles. The molecule has 126 valence electrons. The van der Waals surface area contributed by atoms with Gasteiger partial charge in [0.1, 0.15) is 16.5 Å². The number of nitro groups is 1. The van der Waals surface area contributed by atoms with Crippen molar-refractivity contribution in [2.75, 3.05) is 18.9 Å². The summed E-state index contributed by atoms with van der Waals surface area (Å²) in [5.41, 5.74) is 6.66. The molecule has 0 bridgehead atoms. The molecule has 24 heavy (non-hydrogen) atoms. The molecule has 1 atom stereocenters. The lowest BCUT2D eigenvalue weighted by Crippen LogP contribution is -3.08. The molecule has 2 amide bonds. The van der Waals surface area contributed by atoms with E-state index in [0.29, 0.717) is 17.0 Å². The van der Waals surface area contributed by atoms with Crippen molar-refractivity contribution < 1.29 is 23.8 Å². The minimum absolute atomic E-state index is 0.203. The van der Waals surface area contributed by atoms with Gasteiger partial charge in [-0.2, -0.15) is 0 Å². The number of amides is 2. The fraction of sp³-hybridized carbons (Fsp3) is 0.286. The van der Waals surface area contributed by atoms with Crippen LogP contribution < -0.4 is 16.0 Å². The fourth-order valence-corrected chi connectivity index (χ4v) is 4.04. The normalized spacial score (nSPS) is 16.5. The van der Waals surface area contributed by atoms with Crippen molar-refractivity contribution >= 4 is 34.0 Å². The number of nitrogens with one attached hydrogen (secondary N) is 2. The number of thiophene rings is 1. The molecule has 2 aromatic heterocycles. The first-order valence-corrected chi connectivity index (χ1v) is 7.99. The highest BCUT2D eigenvalue weighted by atomic mass is 32.1. The molecule has 1 unspecified atom stereocenters. The first-order chi connectivity index (χ1) is 11.4. The highest BCUT2D eigenvalue weighted by molar-refractivity contribution is 7.17. The van der Waals surface area contributed by atoms with Crippen molar-refractivity contribution in [3.05, 3.63) is 44.0 Å². The number of nitrogens with zero attached hydrogens (tertiary/aromatic N) is 1. The number of hydrogen-bond donors (Lipinski definition) is 3. The van der Waals surface area contributed by atoms with Crippen LogP contribution in [0.1, 0.15) is 31.4 Å². The lowest BCUT2D eigenvalue weighted by atomic mass is 10.0. The lowest BCUT2D eigenvalue weighted by Gasteiger charge is -2.19. The van der Waals surface area contributed by atoms with Crippen LogP contribution in [-0.2, 0) is 13.0 Å². The van der Waals surface area contributed by atoms with Gasteiger partial charge >= 0.3 is 5.88 Å². The number of anilines is 1. The van der Waals surface area contributed by atoms with E-state index in [1.807, 2.05) is 7.05 Å². The SMILES string of the molecule is C[NH+]1CCc2c(sc(NC(=O)c3ccc([N+](=O)[O-])o3)c2C(N)=O)C1. The summed E-state index contributed by atoms with van der Waals surface area (Å²) in [7, 11) is 2.05. The Kier molecular flexibility index (Phi) is 4.08. The Morgan fingerprint density at radius 3 is 2.83 bits per heavy atom. The van der Waals surface area contributed by atoms with Gasteiger partial charge in [-0.3, -0.25) is 19.7 Å². The lowest BCUT2D eigenvalue weighted by molar-refractivity contribution is -0.895. The van der Waals surface area contributed by atoms with Crippen LogP contribution in [0.4, 0.5) is 10.9 Å². The Morgan fingerprint density at radius 2 is 2.21 bits per heavy atom. The third-order valence-corrected chi connectivity index (χ3v) is 4.97. The van der Waals surface area contributed by atoms with E-state index >= 15 is 0 Å². The van der Waals surface area contributed by atoms with E-state index in [0.717, 1.165) is 29.6 Å². The highest BCUT2D eigenvalue weighted by Gasteiger charge is 2.29. The summed E-state index contributed by atoms with van der Waals surface area (Å²) in [5, 5.41) is 13.6. The van der Waals surface area contributed by atoms with Crippen molar-refractivity contribution in [2.45, 2.75) is 13.0 Å². The number of rotatable bonds is 4. The zero-order valence-corrected chi connectivity index (χ0v) is 13.6. The monoisotopic (exact) mass is 351 g/mol. The molecule has 3 heterocycles. The number of carbonyl (C=O) groups excluding carboxylic acids is 2. The molecule has 2 aromatic rings. The molecule has 0 fully saturated rings. The van der Waals surface area contributed by atoms with E-state index in [-0.39, 0.29) is 5.76 Å². The maximum absolute atomic E-state index is 12.2. The van der Waals surface area contributed by atoms with Gasteiger partial charge < -0.3 is 20.4 Å². The van der Waals surface area contributed by atoms with Gasteiger partial charge in [0, 0.05) is 6.42 Å². The predicted octanol–water partition coefficient (Wildman–Crippen LogP) is 0.171. The van der Waals surface area contributed by atoms with Gasteiger partial charge in [0.05, 0.1) is 30.1 Å². The molecular formula is C14H15N4O5S+. The quantitative estimate of drug-likeness (QED) is 0.533. The maximum Gasteiger partial charge on any atom is 0.433 e. The second kappa shape index (κ2) is 6.06. The summed E-state index contributed by atoms with van der Waals surface area (Å²) >= 11 is 1.30. The third kappa shape index (κ3) is 2.88. The van der Waals surface area contributed by atoms with Crippen LogP contribution in [-0.4, -0.2) is 30.3 Å². The van der Waals surface area contributed by atoms with Gasteiger partial charge in [-0.15, -0.1) is 11.3 Å². The zero-order valence-electron chi connectivity index (χ0n) is 12.8. The summed E-state index contributed by atoms with van der Waals surface area (Å²) in [6, 6.07) is 2.31. The predicted molar refractivity (Wildman–Crippen MR) is 85.3 cm³/mol. The van der Waals surface area contributed by atoms with Gasteiger partial charge in [-0.25, -0.2) is 0 Å². The van der Waals surface area contributed by atoms with Gasteiger partial charge in [0.15, 0.2) is 5.76 Å². The molecule has 0 aromatic carbocycles. The Morgan fingerprint density at radius 1 is 1.46 bits per heavy atom. The average Bonchev–Trinajstić information content (AvgIpc) is 3.10. The number of hydrogen-bond acceptors (Lipinski definition) is 6. The molecule has 0 saturated heterocycles. The third-order valence-electron chi connectivity index (χ3n) is 3.82. The number of primary amides is 1. The minimum Gasteiger partial charge on any atom is -0.395 e. The molecule has 9 nitrogen and oxygen atoms in total. The Bertz CT molecular complexity index is 840. The van der Waals surface area contributed by atoms with E-state index in [4.69, 9.17) is 10.2 Å². The first kappa shape index (κ1) is 16.1. The Labute approximate surface area is 140 Å². The minimum atomic E-state index is -0.728. The molecule has 1 aliphatic rings. The molecule has 4 N–H and O–H groups in total. The van der Waals surface area contributed by atoms with Gasteiger partial charge in [-0.1, -0.05) is 0 Å². The first-order valence-electron chi connectivity index (χ1n) is 7.18. The van der Waals surface area contributed by atoms with Gasteiger partial charge in [0.25, 0.3) is 11.8 Å². The van der Waals surface area contributed by atoms with Crippen molar-refractivity contribution in [2.24, 2.45) is 5.73 Å². The smallest absolute Gasteiger partial charge is 0.395 e. The molecule has 10 heteroatoms.